The van der Waals surface area contributed by atoms with Crippen molar-refractivity contribution in [2.24, 2.45) is 0 Å². The van der Waals surface area contributed by atoms with Gasteiger partial charge in [-0.2, -0.15) is 0 Å². The number of carboxylic acid groups (broad SMARTS) is 1. The van der Waals surface area contributed by atoms with Gasteiger partial charge in [-0.15, -0.1) is 0 Å². The number of nitrogens with zero attached hydrogens (tertiary/aromatic N) is 2. The number of pyridine rings is 2. The van der Waals surface area contributed by atoms with Crippen LogP contribution in [-0.2, 0) is 6.42 Å². The molecule has 3 N–H and O–H groups in total. The van der Waals surface area contributed by atoms with Crippen molar-refractivity contribution in [2.45, 2.75) is 20.3 Å². The molecule has 0 radical (unpaired) electrons. The third kappa shape index (κ3) is 2.85. The van der Waals surface area contributed by atoms with Gasteiger partial charge in [-0.3, -0.25) is 4.98 Å². The fourth-order valence-electron chi connectivity index (χ4n) is 1.74. The van der Waals surface area contributed by atoms with E-state index in [-0.39, 0.29) is 17.1 Å². The van der Waals surface area contributed by atoms with Gasteiger partial charge >= 0.3 is 5.97 Å². The fraction of sp³-hybridized carbons (Fsp3) is 0.214. The highest BCUT2D eigenvalue weighted by Gasteiger charge is 2.12. The first-order valence-corrected chi connectivity index (χ1v) is 6.14. The second kappa shape index (κ2) is 5.56. The van der Waals surface area contributed by atoms with Crippen molar-refractivity contribution in [1.29, 1.82) is 0 Å². The molecule has 0 bridgehead atoms. The maximum atomic E-state index is 11.0. The zero-order valence-corrected chi connectivity index (χ0v) is 11.3. The van der Waals surface area contributed by atoms with Crippen molar-refractivity contribution in [2.75, 3.05) is 5.73 Å². The van der Waals surface area contributed by atoms with E-state index in [1.54, 1.807) is 6.07 Å². The van der Waals surface area contributed by atoms with E-state index in [0.717, 1.165) is 11.4 Å². The van der Waals surface area contributed by atoms with Crippen molar-refractivity contribution in [3.8, 4) is 11.6 Å². The lowest BCUT2D eigenvalue weighted by Crippen LogP contribution is -2.04. The number of aromatic carboxylic acids is 1. The van der Waals surface area contributed by atoms with Crippen molar-refractivity contribution >= 4 is 11.7 Å². The SMILES string of the molecule is CCc1nc(C)ccc1Oc1cc(C(=O)O)c(N)cn1. The third-order valence-electron chi connectivity index (χ3n) is 2.76. The molecule has 0 saturated carbocycles. The van der Waals surface area contributed by atoms with Gasteiger partial charge in [0.05, 0.1) is 23.1 Å². The van der Waals surface area contributed by atoms with Crippen LogP contribution in [0, 0.1) is 6.92 Å². The lowest BCUT2D eigenvalue weighted by atomic mass is 10.2. The molecule has 0 saturated heterocycles. The number of nitrogens with two attached hydrogens (primary N) is 1. The summed E-state index contributed by atoms with van der Waals surface area (Å²) in [7, 11) is 0. The Bertz CT molecular complexity index is 656. The zero-order chi connectivity index (χ0) is 14.7. The lowest BCUT2D eigenvalue weighted by Gasteiger charge is -2.10. The molecule has 2 heterocycles. The van der Waals surface area contributed by atoms with Crippen LogP contribution in [0.4, 0.5) is 5.69 Å². The van der Waals surface area contributed by atoms with Gasteiger partial charge in [0.15, 0.2) is 5.75 Å². The molecule has 2 aromatic heterocycles. The molecule has 0 fully saturated rings. The molecule has 0 atom stereocenters. The first-order valence-electron chi connectivity index (χ1n) is 6.14. The summed E-state index contributed by atoms with van der Waals surface area (Å²) in [6, 6.07) is 4.92. The lowest BCUT2D eigenvalue weighted by molar-refractivity contribution is 0.0697. The highest BCUT2D eigenvalue weighted by atomic mass is 16.5. The van der Waals surface area contributed by atoms with Crippen LogP contribution in [0.15, 0.2) is 24.4 Å². The summed E-state index contributed by atoms with van der Waals surface area (Å²) >= 11 is 0. The van der Waals surface area contributed by atoms with Crippen LogP contribution in [0.1, 0.15) is 28.7 Å². The molecule has 0 aliphatic rings. The maximum absolute atomic E-state index is 11.0. The van der Waals surface area contributed by atoms with Crippen LogP contribution in [0.5, 0.6) is 11.6 Å². The van der Waals surface area contributed by atoms with Crippen molar-refractivity contribution in [3.63, 3.8) is 0 Å². The minimum atomic E-state index is -1.12. The van der Waals surface area contributed by atoms with Gasteiger partial charge in [0.1, 0.15) is 0 Å². The van der Waals surface area contributed by atoms with Crippen LogP contribution in [0.3, 0.4) is 0 Å². The Hall–Kier alpha value is -2.63. The molecule has 2 aromatic rings. The Labute approximate surface area is 116 Å². The van der Waals surface area contributed by atoms with E-state index in [1.807, 2.05) is 19.9 Å². The number of hydrogen-bond donors (Lipinski definition) is 2. The van der Waals surface area contributed by atoms with E-state index in [4.69, 9.17) is 15.6 Å². The molecule has 0 unspecified atom stereocenters. The summed E-state index contributed by atoms with van der Waals surface area (Å²) in [5.41, 5.74) is 7.30. The van der Waals surface area contributed by atoms with Crippen LogP contribution in [-0.4, -0.2) is 21.0 Å². The molecule has 0 spiro atoms. The Morgan fingerprint density at radius 3 is 2.85 bits per heavy atom. The van der Waals surface area contributed by atoms with Crippen molar-refractivity contribution in [3.05, 3.63) is 41.3 Å². The quantitative estimate of drug-likeness (QED) is 0.887. The number of aromatic nitrogens is 2. The topological polar surface area (TPSA) is 98.3 Å². The van der Waals surface area contributed by atoms with Gasteiger partial charge in [-0.1, -0.05) is 6.92 Å². The summed E-state index contributed by atoms with van der Waals surface area (Å²) in [5.74, 6) is -0.379. The molecular weight excluding hydrogens is 258 g/mol. The monoisotopic (exact) mass is 273 g/mol. The van der Waals surface area contributed by atoms with Crippen LogP contribution in [0.2, 0.25) is 0 Å². The minimum Gasteiger partial charge on any atom is -0.478 e. The molecule has 0 amide bonds. The Morgan fingerprint density at radius 1 is 1.45 bits per heavy atom. The van der Waals surface area contributed by atoms with Gasteiger partial charge < -0.3 is 15.6 Å². The number of carboxylic acids is 1. The fourth-order valence-corrected chi connectivity index (χ4v) is 1.74. The number of hydrogen-bond acceptors (Lipinski definition) is 5. The van der Waals surface area contributed by atoms with Crippen molar-refractivity contribution < 1.29 is 14.6 Å². The van der Waals surface area contributed by atoms with Gasteiger partial charge in [0.2, 0.25) is 5.88 Å². The molecular formula is C14H15N3O3. The zero-order valence-electron chi connectivity index (χ0n) is 11.3. The summed E-state index contributed by atoms with van der Waals surface area (Å²) < 4.78 is 5.61. The highest BCUT2D eigenvalue weighted by Crippen LogP contribution is 2.25. The van der Waals surface area contributed by atoms with Crippen LogP contribution < -0.4 is 10.5 Å². The van der Waals surface area contributed by atoms with E-state index >= 15 is 0 Å². The average molecular weight is 273 g/mol. The highest BCUT2D eigenvalue weighted by molar-refractivity contribution is 5.93. The molecule has 2 rings (SSSR count). The first-order chi connectivity index (χ1) is 9.51. The standard InChI is InChI=1S/C14H15N3O3/c1-3-11-12(5-4-8(2)17-11)20-13-6-9(14(18)19)10(15)7-16-13/h4-7H,3,15H2,1-2H3,(H,18,19). The molecule has 104 valence electrons. The second-order valence-electron chi connectivity index (χ2n) is 4.27. The number of nitrogen functional groups attached to an aromatic ring is 1. The van der Waals surface area contributed by atoms with E-state index in [2.05, 4.69) is 9.97 Å². The number of aryl methyl sites for hydroxylation is 2. The maximum Gasteiger partial charge on any atom is 0.338 e. The van der Waals surface area contributed by atoms with E-state index < -0.39 is 5.97 Å². The Kier molecular flexibility index (Phi) is 3.84. The largest absolute Gasteiger partial charge is 0.478 e. The second-order valence-corrected chi connectivity index (χ2v) is 4.27. The van der Waals surface area contributed by atoms with E-state index in [1.165, 1.54) is 12.3 Å². The normalized spacial score (nSPS) is 10.3. The predicted octanol–water partition coefficient (Wildman–Crippen LogP) is 2.42. The van der Waals surface area contributed by atoms with Gasteiger partial charge in [-0.05, 0) is 25.5 Å². The first kappa shape index (κ1) is 13.8. The summed E-state index contributed by atoms with van der Waals surface area (Å²) in [6.45, 7) is 3.86. The number of ether oxygens (including phenoxy) is 1. The number of anilines is 1. The van der Waals surface area contributed by atoms with E-state index in [0.29, 0.717) is 12.2 Å². The van der Waals surface area contributed by atoms with Crippen molar-refractivity contribution in [1.82, 2.24) is 9.97 Å². The van der Waals surface area contributed by atoms with Crippen LogP contribution in [0.25, 0.3) is 0 Å². The third-order valence-corrected chi connectivity index (χ3v) is 2.76. The molecule has 20 heavy (non-hydrogen) atoms. The Balaban J connectivity index is 2.35. The molecule has 0 aliphatic heterocycles. The van der Waals surface area contributed by atoms with Gasteiger partial charge in [-0.25, -0.2) is 9.78 Å². The number of carbonyl (C=O) groups is 1. The minimum absolute atomic E-state index is 0.0341. The molecule has 6 nitrogen and oxygen atoms in total. The molecule has 0 aliphatic carbocycles. The van der Waals surface area contributed by atoms with Gasteiger partial charge in [0.25, 0.3) is 0 Å². The predicted molar refractivity (Wildman–Crippen MR) is 74.0 cm³/mol. The smallest absolute Gasteiger partial charge is 0.338 e. The average Bonchev–Trinajstić information content (AvgIpc) is 2.42. The summed E-state index contributed by atoms with van der Waals surface area (Å²) in [6.07, 6.45) is 1.98. The van der Waals surface area contributed by atoms with E-state index in [9.17, 15) is 4.79 Å². The van der Waals surface area contributed by atoms with Crippen LogP contribution >= 0.6 is 0 Å². The summed E-state index contributed by atoms with van der Waals surface area (Å²) in [4.78, 5) is 19.4. The summed E-state index contributed by atoms with van der Waals surface area (Å²) in [5, 5.41) is 9.02. The molecule has 6 heteroatoms. The Morgan fingerprint density at radius 2 is 2.20 bits per heavy atom. The number of rotatable bonds is 4. The molecule has 0 aromatic carbocycles. The van der Waals surface area contributed by atoms with Gasteiger partial charge in [0, 0.05) is 11.8 Å².